The third-order valence-corrected chi connectivity index (χ3v) is 3.84. The van der Waals surface area contributed by atoms with Gasteiger partial charge in [0.15, 0.2) is 5.78 Å². The molecule has 1 aliphatic heterocycles. The Balaban J connectivity index is 1.90. The number of benzene rings is 2. The van der Waals surface area contributed by atoms with Crippen molar-refractivity contribution in [1.82, 2.24) is 5.32 Å². The average Bonchev–Trinajstić information content (AvgIpc) is 2.72. The summed E-state index contributed by atoms with van der Waals surface area (Å²) in [5.41, 5.74) is 1.15. The molecule has 0 spiro atoms. The van der Waals surface area contributed by atoms with Gasteiger partial charge in [0.2, 0.25) is 0 Å². The minimum Gasteiger partial charge on any atom is -0.342 e. The SMILES string of the molecule is CC1(CC(=O)c2ccc(F)cc2)NC(=O)c2ccccc21. The van der Waals surface area contributed by atoms with Crippen molar-refractivity contribution in [3.63, 3.8) is 0 Å². The summed E-state index contributed by atoms with van der Waals surface area (Å²) in [6, 6.07) is 12.7. The predicted molar refractivity (Wildman–Crippen MR) is 76.6 cm³/mol. The van der Waals surface area contributed by atoms with E-state index >= 15 is 0 Å². The topological polar surface area (TPSA) is 46.2 Å². The molecule has 4 heteroatoms. The van der Waals surface area contributed by atoms with Crippen molar-refractivity contribution in [2.75, 3.05) is 0 Å². The molecule has 106 valence electrons. The fraction of sp³-hybridized carbons (Fsp3) is 0.176. The summed E-state index contributed by atoms with van der Waals surface area (Å²) >= 11 is 0. The molecule has 0 aromatic heterocycles. The number of halogens is 1. The second-order valence-corrected chi connectivity index (χ2v) is 5.44. The summed E-state index contributed by atoms with van der Waals surface area (Å²) in [5.74, 6) is -0.674. The minimum absolute atomic E-state index is 0.130. The largest absolute Gasteiger partial charge is 0.342 e. The first kappa shape index (κ1) is 13.5. The molecule has 3 nitrogen and oxygen atoms in total. The van der Waals surface area contributed by atoms with Crippen LogP contribution < -0.4 is 5.32 Å². The zero-order valence-electron chi connectivity index (χ0n) is 11.5. The highest BCUT2D eigenvalue weighted by molar-refractivity contribution is 6.02. The molecule has 0 radical (unpaired) electrons. The van der Waals surface area contributed by atoms with Crippen LogP contribution in [-0.4, -0.2) is 11.7 Å². The van der Waals surface area contributed by atoms with Gasteiger partial charge in [-0.3, -0.25) is 9.59 Å². The van der Waals surface area contributed by atoms with E-state index in [0.717, 1.165) is 5.56 Å². The van der Waals surface area contributed by atoms with Crippen molar-refractivity contribution >= 4 is 11.7 Å². The highest BCUT2D eigenvalue weighted by Gasteiger charge is 2.40. The quantitative estimate of drug-likeness (QED) is 0.880. The van der Waals surface area contributed by atoms with Crippen LogP contribution in [0.5, 0.6) is 0 Å². The van der Waals surface area contributed by atoms with E-state index in [9.17, 15) is 14.0 Å². The summed E-state index contributed by atoms with van der Waals surface area (Å²) in [5, 5.41) is 2.87. The molecular formula is C17H14FNO2. The first-order chi connectivity index (χ1) is 9.99. The molecule has 0 saturated carbocycles. The van der Waals surface area contributed by atoms with Gasteiger partial charge in [0.1, 0.15) is 5.82 Å². The van der Waals surface area contributed by atoms with E-state index in [1.807, 2.05) is 19.1 Å². The highest BCUT2D eigenvalue weighted by atomic mass is 19.1. The Labute approximate surface area is 121 Å². The van der Waals surface area contributed by atoms with Crippen LogP contribution in [0.3, 0.4) is 0 Å². The summed E-state index contributed by atoms with van der Waals surface area (Å²) in [4.78, 5) is 24.3. The van der Waals surface area contributed by atoms with Crippen molar-refractivity contribution in [1.29, 1.82) is 0 Å². The lowest BCUT2D eigenvalue weighted by atomic mass is 9.86. The Morgan fingerprint density at radius 1 is 1.14 bits per heavy atom. The fourth-order valence-electron chi connectivity index (χ4n) is 2.75. The summed E-state index contributed by atoms with van der Waals surface area (Å²) < 4.78 is 12.9. The monoisotopic (exact) mass is 283 g/mol. The zero-order valence-corrected chi connectivity index (χ0v) is 11.5. The molecule has 1 unspecified atom stereocenters. The van der Waals surface area contributed by atoms with Gasteiger partial charge >= 0.3 is 0 Å². The molecule has 2 aromatic rings. The summed E-state index contributed by atoms with van der Waals surface area (Å²) in [7, 11) is 0. The lowest BCUT2D eigenvalue weighted by Gasteiger charge is -2.24. The third-order valence-electron chi connectivity index (χ3n) is 3.84. The molecule has 0 fully saturated rings. The molecule has 0 saturated heterocycles. The fourth-order valence-corrected chi connectivity index (χ4v) is 2.75. The van der Waals surface area contributed by atoms with Crippen LogP contribution in [-0.2, 0) is 5.54 Å². The van der Waals surface area contributed by atoms with Crippen molar-refractivity contribution < 1.29 is 14.0 Å². The van der Waals surface area contributed by atoms with Gasteiger partial charge in [0.05, 0.1) is 5.54 Å². The first-order valence-corrected chi connectivity index (χ1v) is 6.70. The van der Waals surface area contributed by atoms with Gasteiger partial charge in [-0.15, -0.1) is 0 Å². The molecule has 1 atom stereocenters. The van der Waals surface area contributed by atoms with Gasteiger partial charge in [-0.05, 0) is 42.8 Å². The number of ketones is 1. The number of rotatable bonds is 3. The molecule has 1 N–H and O–H groups in total. The average molecular weight is 283 g/mol. The van der Waals surface area contributed by atoms with Crippen molar-refractivity contribution in [2.24, 2.45) is 0 Å². The van der Waals surface area contributed by atoms with Crippen molar-refractivity contribution in [2.45, 2.75) is 18.9 Å². The summed E-state index contributed by atoms with van der Waals surface area (Å²) in [6.45, 7) is 1.83. The van der Waals surface area contributed by atoms with Gasteiger partial charge < -0.3 is 5.32 Å². The molecule has 1 heterocycles. The Hall–Kier alpha value is -2.49. The normalized spacial score (nSPS) is 20.0. The second kappa shape index (κ2) is 4.81. The van der Waals surface area contributed by atoms with Crippen LogP contribution in [0.25, 0.3) is 0 Å². The number of carbonyl (C=O) groups excluding carboxylic acids is 2. The first-order valence-electron chi connectivity index (χ1n) is 6.70. The lowest BCUT2D eigenvalue weighted by Crippen LogP contribution is -2.38. The Kier molecular flexibility index (Phi) is 3.09. The molecule has 2 aromatic carbocycles. The predicted octanol–water partition coefficient (Wildman–Crippen LogP) is 3.06. The van der Waals surface area contributed by atoms with Crippen LogP contribution in [0, 0.1) is 5.82 Å². The number of nitrogens with one attached hydrogen (secondary N) is 1. The van der Waals surface area contributed by atoms with E-state index in [-0.39, 0.29) is 23.9 Å². The molecular weight excluding hydrogens is 269 g/mol. The molecule has 1 aliphatic rings. The second-order valence-electron chi connectivity index (χ2n) is 5.44. The number of Topliss-reactive ketones (excluding diaryl/α,β-unsaturated/α-hetero) is 1. The minimum atomic E-state index is -0.723. The van der Waals surface area contributed by atoms with E-state index in [0.29, 0.717) is 11.1 Å². The van der Waals surface area contributed by atoms with Crippen LogP contribution in [0.4, 0.5) is 4.39 Å². The van der Waals surface area contributed by atoms with E-state index in [2.05, 4.69) is 5.32 Å². The number of hydrogen-bond donors (Lipinski definition) is 1. The van der Waals surface area contributed by atoms with Crippen molar-refractivity contribution in [3.8, 4) is 0 Å². The van der Waals surface area contributed by atoms with Crippen LogP contribution in [0.1, 0.15) is 39.6 Å². The number of fused-ring (bicyclic) bond motifs is 1. The molecule has 1 amide bonds. The Morgan fingerprint density at radius 2 is 1.81 bits per heavy atom. The third kappa shape index (κ3) is 2.33. The number of amides is 1. The van der Waals surface area contributed by atoms with E-state index in [4.69, 9.17) is 0 Å². The van der Waals surface area contributed by atoms with Gasteiger partial charge in [0.25, 0.3) is 5.91 Å². The maximum Gasteiger partial charge on any atom is 0.252 e. The van der Waals surface area contributed by atoms with Gasteiger partial charge in [0, 0.05) is 17.5 Å². The maximum absolute atomic E-state index is 12.9. The molecule has 21 heavy (non-hydrogen) atoms. The lowest BCUT2D eigenvalue weighted by molar-refractivity contribution is 0.0894. The van der Waals surface area contributed by atoms with Crippen LogP contribution >= 0.6 is 0 Å². The Morgan fingerprint density at radius 3 is 2.52 bits per heavy atom. The number of hydrogen-bond acceptors (Lipinski definition) is 2. The molecule has 0 bridgehead atoms. The summed E-state index contributed by atoms with van der Waals surface area (Å²) in [6.07, 6.45) is 0.140. The standard InChI is InChI=1S/C17H14FNO2/c1-17(10-15(20)11-6-8-12(18)9-7-11)14-5-3-2-4-13(14)16(21)19-17/h2-9H,10H2,1H3,(H,19,21). The van der Waals surface area contributed by atoms with Gasteiger partial charge in [-0.2, -0.15) is 0 Å². The van der Waals surface area contributed by atoms with E-state index in [1.165, 1.54) is 24.3 Å². The van der Waals surface area contributed by atoms with Gasteiger partial charge in [-0.25, -0.2) is 4.39 Å². The zero-order chi connectivity index (χ0) is 15.0. The maximum atomic E-state index is 12.9. The van der Waals surface area contributed by atoms with E-state index < -0.39 is 5.54 Å². The number of carbonyl (C=O) groups is 2. The molecule has 3 rings (SSSR count). The van der Waals surface area contributed by atoms with Crippen molar-refractivity contribution in [3.05, 3.63) is 71.0 Å². The van der Waals surface area contributed by atoms with Crippen LogP contribution in [0.2, 0.25) is 0 Å². The molecule has 0 aliphatic carbocycles. The highest BCUT2D eigenvalue weighted by Crippen LogP contribution is 2.34. The van der Waals surface area contributed by atoms with Gasteiger partial charge in [-0.1, -0.05) is 18.2 Å². The smallest absolute Gasteiger partial charge is 0.252 e. The van der Waals surface area contributed by atoms with Crippen LogP contribution in [0.15, 0.2) is 48.5 Å². The van der Waals surface area contributed by atoms with E-state index in [1.54, 1.807) is 12.1 Å². The Bertz CT molecular complexity index is 724.